The van der Waals surface area contributed by atoms with Crippen LogP contribution in [0, 0.1) is 5.92 Å². The maximum absolute atomic E-state index is 10.9. The summed E-state index contributed by atoms with van der Waals surface area (Å²) in [6, 6.07) is 10.1. The Morgan fingerprint density at radius 2 is 1.88 bits per heavy atom. The van der Waals surface area contributed by atoms with Crippen molar-refractivity contribution in [1.29, 1.82) is 0 Å². The van der Waals surface area contributed by atoms with Crippen molar-refractivity contribution in [2.24, 2.45) is 11.7 Å². The zero-order valence-electron chi connectivity index (χ0n) is 15.2. The summed E-state index contributed by atoms with van der Waals surface area (Å²) in [6.45, 7) is 8.22. The van der Waals surface area contributed by atoms with Crippen LogP contribution in [0.4, 0.5) is 0 Å². The monoisotopic (exact) mass is 336 g/mol. The Bertz CT molecular complexity index is 449. The van der Waals surface area contributed by atoms with Crippen LogP contribution in [-0.4, -0.2) is 25.0 Å². The summed E-state index contributed by atoms with van der Waals surface area (Å²) in [5.41, 5.74) is 5.94. The highest BCUT2D eigenvalue weighted by atomic mass is 16.5. The largest absolute Gasteiger partial charge is 0.376 e. The molecule has 2 rings (SSSR count). The summed E-state index contributed by atoms with van der Waals surface area (Å²) in [6.07, 6.45) is 3.23. The van der Waals surface area contributed by atoms with Crippen LogP contribution < -0.4 is 11.1 Å². The third kappa shape index (κ3) is 12.6. The van der Waals surface area contributed by atoms with Gasteiger partial charge in [0.05, 0.1) is 13.2 Å². The first kappa shape index (κ1) is 22.1. The zero-order chi connectivity index (χ0) is 18.2. The smallest absolute Gasteiger partial charge is 0.220 e. The van der Waals surface area contributed by atoms with E-state index in [1.165, 1.54) is 12.0 Å². The van der Waals surface area contributed by atoms with Crippen LogP contribution in [0.1, 0.15) is 52.0 Å². The highest BCUT2D eigenvalue weighted by Gasteiger charge is 2.21. The maximum Gasteiger partial charge on any atom is 0.220 e. The molecule has 0 radical (unpaired) electrons. The molecule has 5 heteroatoms. The van der Waals surface area contributed by atoms with Gasteiger partial charge in [0.1, 0.15) is 0 Å². The first-order valence-electron chi connectivity index (χ1n) is 8.70. The van der Waals surface area contributed by atoms with Crippen LogP contribution in [0.5, 0.6) is 0 Å². The molecule has 0 saturated carbocycles. The van der Waals surface area contributed by atoms with Crippen LogP contribution in [0.2, 0.25) is 0 Å². The molecule has 1 aromatic carbocycles. The Morgan fingerprint density at radius 1 is 1.25 bits per heavy atom. The predicted molar refractivity (Wildman–Crippen MR) is 97.3 cm³/mol. The van der Waals surface area contributed by atoms with E-state index in [1.807, 2.05) is 37.3 Å². The molecule has 136 valence electrons. The number of primary amides is 1. The second kappa shape index (κ2) is 14.7. The van der Waals surface area contributed by atoms with Gasteiger partial charge in [-0.2, -0.15) is 0 Å². The highest BCUT2D eigenvalue weighted by molar-refractivity contribution is 5.78. The first-order chi connectivity index (χ1) is 11.5. The standard InChI is InChI=1S/C12H15NO2.C4H9NO.C3H8/c14-12-6-11(7-13-12)9-15-8-10-4-2-1-3-5-10;1-2-3-4(5)6;1-3-2/h1-5,11H,6-9H2,(H,13,14);2-3H2,1H3,(H2,5,6);3H2,1-2H3. The van der Waals surface area contributed by atoms with Crippen molar-refractivity contribution in [2.75, 3.05) is 13.2 Å². The molecule has 0 aliphatic carbocycles. The Labute approximate surface area is 146 Å². The van der Waals surface area contributed by atoms with Crippen LogP contribution in [0.25, 0.3) is 0 Å². The van der Waals surface area contributed by atoms with E-state index in [9.17, 15) is 9.59 Å². The number of carbonyl (C=O) groups is 2. The van der Waals surface area contributed by atoms with E-state index in [1.54, 1.807) is 0 Å². The summed E-state index contributed by atoms with van der Waals surface area (Å²) in [4.78, 5) is 20.7. The number of hydrogen-bond donors (Lipinski definition) is 2. The molecule has 2 amide bonds. The zero-order valence-corrected chi connectivity index (χ0v) is 15.2. The number of nitrogens with two attached hydrogens (primary N) is 1. The number of hydrogen-bond acceptors (Lipinski definition) is 3. The molecule has 0 spiro atoms. The van der Waals surface area contributed by atoms with Crippen LogP contribution >= 0.6 is 0 Å². The van der Waals surface area contributed by atoms with E-state index >= 15 is 0 Å². The summed E-state index contributed by atoms with van der Waals surface area (Å²) < 4.78 is 5.56. The summed E-state index contributed by atoms with van der Waals surface area (Å²) in [5, 5.41) is 2.80. The van der Waals surface area contributed by atoms with Gasteiger partial charge < -0.3 is 15.8 Å². The average molecular weight is 336 g/mol. The van der Waals surface area contributed by atoms with Crippen LogP contribution in [0.3, 0.4) is 0 Å². The van der Waals surface area contributed by atoms with Crippen molar-refractivity contribution < 1.29 is 14.3 Å². The third-order valence-electron chi connectivity index (χ3n) is 3.02. The fourth-order valence-electron chi connectivity index (χ4n) is 1.95. The predicted octanol–water partition coefficient (Wildman–Crippen LogP) is 3.03. The quantitative estimate of drug-likeness (QED) is 0.838. The molecule has 5 nitrogen and oxygen atoms in total. The molecule has 1 unspecified atom stereocenters. The maximum atomic E-state index is 10.9. The molecule has 1 aliphatic heterocycles. The van der Waals surface area contributed by atoms with Gasteiger partial charge in [-0.05, 0) is 12.0 Å². The normalized spacial score (nSPS) is 15.5. The molecule has 0 bridgehead atoms. The van der Waals surface area contributed by atoms with E-state index < -0.39 is 0 Å². The molecular formula is C19H32N2O3. The SMILES string of the molecule is CCC.CCCC(N)=O.O=C1CC(COCc2ccccc2)CN1. The summed E-state index contributed by atoms with van der Waals surface area (Å²) in [7, 11) is 0. The second-order valence-electron chi connectivity index (χ2n) is 5.80. The van der Waals surface area contributed by atoms with Crippen LogP contribution in [-0.2, 0) is 20.9 Å². The molecule has 1 saturated heterocycles. The van der Waals surface area contributed by atoms with Gasteiger partial charge in [-0.3, -0.25) is 9.59 Å². The molecule has 1 fully saturated rings. The molecule has 24 heavy (non-hydrogen) atoms. The fraction of sp³-hybridized carbons (Fsp3) is 0.579. The van der Waals surface area contributed by atoms with E-state index in [0.29, 0.717) is 32.0 Å². The Balaban J connectivity index is 0.000000495. The minimum absolute atomic E-state index is 0.142. The minimum atomic E-state index is -0.211. The summed E-state index contributed by atoms with van der Waals surface area (Å²) >= 11 is 0. The minimum Gasteiger partial charge on any atom is -0.376 e. The number of nitrogens with one attached hydrogen (secondary N) is 1. The molecule has 1 aliphatic rings. The lowest BCUT2D eigenvalue weighted by atomic mass is 10.1. The molecular weight excluding hydrogens is 304 g/mol. The average Bonchev–Trinajstić information content (AvgIpc) is 2.95. The molecule has 1 heterocycles. The first-order valence-corrected chi connectivity index (χ1v) is 8.70. The van der Waals surface area contributed by atoms with Gasteiger partial charge in [-0.1, -0.05) is 57.5 Å². The van der Waals surface area contributed by atoms with Gasteiger partial charge in [0, 0.05) is 25.3 Å². The Hall–Kier alpha value is -1.88. The topological polar surface area (TPSA) is 81.4 Å². The third-order valence-corrected chi connectivity index (χ3v) is 3.02. The lowest BCUT2D eigenvalue weighted by Crippen LogP contribution is -2.15. The molecule has 3 N–H and O–H groups in total. The van der Waals surface area contributed by atoms with Crippen molar-refractivity contribution in [1.82, 2.24) is 5.32 Å². The van der Waals surface area contributed by atoms with Gasteiger partial charge in [-0.15, -0.1) is 0 Å². The van der Waals surface area contributed by atoms with Gasteiger partial charge in [0.2, 0.25) is 11.8 Å². The fourth-order valence-corrected chi connectivity index (χ4v) is 1.95. The van der Waals surface area contributed by atoms with Gasteiger partial charge in [0.25, 0.3) is 0 Å². The van der Waals surface area contributed by atoms with Gasteiger partial charge in [0.15, 0.2) is 0 Å². The van der Waals surface area contributed by atoms with Crippen molar-refractivity contribution >= 4 is 11.8 Å². The van der Waals surface area contributed by atoms with Gasteiger partial charge in [-0.25, -0.2) is 0 Å². The Morgan fingerprint density at radius 3 is 2.29 bits per heavy atom. The number of ether oxygens (including phenoxy) is 1. The number of carbonyl (C=O) groups excluding carboxylic acids is 2. The summed E-state index contributed by atoms with van der Waals surface area (Å²) in [5.74, 6) is 0.280. The van der Waals surface area contributed by atoms with Crippen molar-refractivity contribution in [3.63, 3.8) is 0 Å². The highest BCUT2D eigenvalue weighted by Crippen LogP contribution is 2.10. The molecule has 1 atom stereocenters. The number of amides is 2. The van der Waals surface area contributed by atoms with Crippen LogP contribution in [0.15, 0.2) is 30.3 Å². The lowest BCUT2D eigenvalue weighted by molar-refractivity contribution is -0.119. The van der Waals surface area contributed by atoms with E-state index in [4.69, 9.17) is 10.5 Å². The molecule has 0 aromatic heterocycles. The van der Waals surface area contributed by atoms with E-state index in [-0.39, 0.29) is 11.8 Å². The van der Waals surface area contributed by atoms with Crippen molar-refractivity contribution in [3.05, 3.63) is 35.9 Å². The number of rotatable bonds is 6. The van der Waals surface area contributed by atoms with Crippen molar-refractivity contribution in [3.8, 4) is 0 Å². The molecule has 1 aromatic rings. The van der Waals surface area contributed by atoms with E-state index in [0.717, 1.165) is 13.0 Å². The lowest BCUT2D eigenvalue weighted by Gasteiger charge is -2.08. The number of benzene rings is 1. The van der Waals surface area contributed by atoms with Crippen molar-refractivity contribution in [2.45, 2.75) is 53.1 Å². The van der Waals surface area contributed by atoms with E-state index in [2.05, 4.69) is 19.2 Å². The second-order valence-corrected chi connectivity index (χ2v) is 5.80. The van der Waals surface area contributed by atoms with Gasteiger partial charge >= 0.3 is 0 Å². The Kier molecular flexibility index (Phi) is 13.5.